The first-order valence-corrected chi connectivity index (χ1v) is 7.25. The van der Waals surface area contributed by atoms with Crippen molar-refractivity contribution in [2.75, 3.05) is 12.8 Å². The van der Waals surface area contributed by atoms with Crippen LogP contribution >= 0.6 is 15.9 Å². The largest absolute Gasteiger partial charge is 0.383 e. The lowest BCUT2D eigenvalue weighted by Gasteiger charge is -2.15. The molecule has 0 aromatic carbocycles. The number of halogens is 1. The maximum absolute atomic E-state index is 5.97. The minimum Gasteiger partial charge on any atom is -0.383 e. The molecule has 0 radical (unpaired) electrons. The zero-order chi connectivity index (χ0) is 13.1. The van der Waals surface area contributed by atoms with Gasteiger partial charge < -0.3 is 10.5 Å². The summed E-state index contributed by atoms with van der Waals surface area (Å²) < 4.78 is 6.14. The van der Waals surface area contributed by atoms with Crippen LogP contribution < -0.4 is 5.73 Å². The SMILES string of the molecule is COC(C)Cc1nc(N)c(Br)c(C2CCCC2)n1. The number of nitrogen functional groups attached to an aromatic ring is 1. The average Bonchev–Trinajstić information content (AvgIpc) is 2.87. The monoisotopic (exact) mass is 313 g/mol. The summed E-state index contributed by atoms with van der Waals surface area (Å²) in [7, 11) is 1.70. The molecule has 0 spiro atoms. The molecule has 1 fully saturated rings. The lowest BCUT2D eigenvalue weighted by atomic mass is 10.0. The molecular weight excluding hydrogens is 294 g/mol. The van der Waals surface area contributed by atoms with E-state index in [4.69, 9.17) is 10.5 Å². The summed E-state index contributed by atoms with van der Waals surface area (Å²) in [6.45, 7) is 2.01. The predicted octanol–water partition coefficient (Wildman–Crippen LogP) is 3.06. The number of ether oxygens (including phenoxy) is 1. The van der Waals surface area contributed by atoms with Crippen LogP contribution in [-0.4, -0.2) is 23.2 Å². The van der Waals surface area contributed by atoms with Crippen LogP contribution in [0.3, 0.4) is 0 Å². The van der Waals surface area contributed by atoms with Gasteiger partial charge in [-0.15, -0.1) is 0 Å². The van der Waals surface area contributed by atoms with Gasteiger partial charge in [0.2, 0.25) is 0 Å². The van der Waals surface area contributed by atoms with Crippen molar-refractivity contribution in [3.8, 4) is 0 Å². The Morgan fingerprint density at radius 2 is 2.06 bits per heavy atom. The molecule has 100 valence electrons. The Labute approximate surface area is 116 Å². The zero-order valence-corrected chi connectivity index (χ0v) is 12.5. The number of aromatic nitrogens is 2. The molecule has 5 heteroatoms. The maximum Gasteiger partial charge on any atom is 0.141 e. The molecule has 0 aliphatic heterocycles. The van der Waals surface area contributed by atoms with Gasteiger partial charge in [0.05, 0.1) is 16.3 Å². The van der Waals surface area contributed by atoms with Crippen molar-refractivity contribution in [1.82, 2.24) is 9.97 Å². The molecule has 0 bridgehead atoms. The highest BCUT2D eigenvalue weighted by atomic mass is 79.9. The number of hydrogen-bond acceptors (Lipinski definition) is 4. The molecule has 0 saturated heterocycles. The fourth-order valence-electron chi connectivity index (χ4n) is 2.43. The quantitative estimate of drug-likeness (QED) is 0.928. The second-order valence-corrected chi connectivity index (χ2v) is 5.75. The summed E-state index contributed by atoms with van der Waals surface area (Å²) >= 11 is 3.53. The smallest absolute Gasteiger partial charge is 0.141 e. The summed E-state index contributed by atoms with van der Waals surface area (Å²) in [6, 6.07) is 0. The Hall–Kier alpha value is -0.680. The number of nitrogens with zero attached hydrogens (tertiary/aromatic N) is 2. The third kappa shape index (κ3) is 3.01. The summed E-state index contributed by atoms with van der Waals surface area (Å²) in [5, 5.41) is 0. The van der Waals surface area contributed by atoms with Crippen LogP contribution in [0.25, 0.3) is 0 Å². The van der Waals surface area contributed by atoms with Gasteiger partial charge in [-0.05, 0) is 35.7 Å². The van der Waals surface area contributed by atoms with E-state index in [1.807, 2.05) is 6.92 Å². The molecule has 1 saturated carbocycles. The summed E-state index contributed by atoms with van der Waals surface area (Å²) in [5.74, 6) is 1.86. The van der Waals surface area contributed by atoms with E-state index in [0.717, 1.165) is 16.0 Å². The van der Waals surface area contributed by atoms with E-state index in [1.54, 1.807) is 7.11 Å². The van der Waals surface area contributed by atoms with Crippen LogP contribution in [0, 0.1) is 0 Å². The molecule has 0 amide bonds. The lowest BCUT2D eigenvalue weighted by Crippen LogP contribution is -2.14. The van der Waals surface area contributed by atoms with E-state index in [1.165, 1.54) is 25.7 Å². The van der Waals surface area contributed by atoms with Crippen LogP contribution in [0.15, 0.2) is 4.47 Å². The fourth-order valence-corrected chi connectivity index (χ4v) is 2.93. The predicted molar refractivity (Wildman–Crippen MR) is 75.5 cm³/mol. The number of anilines is 1. The average molecular weight is 314 g/mol. The van der Waals surface area contributed by atoms with Crippen molar-refractivity contribution in [2.24, 2.45) is 0 Å². The van der Waals surface area contributed by atoms with Crippen molar-refractivity contribution >= 4 is 21.7 Å². The van der Waals surface area contributed by atoms with Gasteiger partial charge in [-0.25, -0.2) is 9.97 Å². The second-order valence-electron chi connectivity index (χ2n) is 4.96. The van der Waals surface area contributed by atoms with Gasteiger partial charge in [0.1, 0.15) is 11.6 Å². The highest BCUT2D eigenvalue weighted by Crippen LogP contribution is 2.38. The van der Waals surface area contributed by atoms with E-state index in [2.05, 4.69) is 25.9 Å². The van der Waals surface area contributed by atoms with E-state index in [9.17, 15) is 0 Å². The maximum atomic E-state index is 5.97. The van der Waals surface area contributed by atoms with E-state index in [-0.39, 0.29) is 6.10 Å². The van der Waals surface area contributed by atoms with Gasteiger partial charge in [0, 0.05) is 19.4 Å². The number of hydrogen-bond donors (Lipinski definition) is 1. The molecule has 2 rings (SSSR count). The van der Waals surface area contributed by atoms with Gasteiger partial charge in [0.15, 0.2) is 0 Å². The van der Waals surface area contributed by atoms with E-state index < -0.39 is 0 Å². The number of rotatable bonds is 4. The van der Waals surface area contributed by atoms with Crippen LogP contribution in [0.1, 0.15) is 50.0 Å². The molecule has 1 aromatic heterocycles. The number of methoxy groups -OCH3 is 1. The third-order valence-corrected chi connectivity index (χ3v) is 4.38. The fraction of sp³-hybridized carbons (Fsp3) is 0.692. The van der Waals surface area contributed by atoms with E-state index in [0.29, 0.717) is 18.2 Å². The standard InChI is InChI=1S/C13H20BrN3O/c1-8(18-2)7-10-16-12(9-5-3-4-6-9)11(14)13(15)17-10/h8-9H,3-7H2,1-2H3,(H2,15,16,17). The minimum absolute atomic E-state index is 0.113. The molecule has 18 heavy (non-hydrogen) atoms. The molecule has 2 N–H and O–H groups in total. The highest BCUT2D eigenvalue weighted by Gasteiger charge is 2.23. The molecular formula is C13H20BrN3O. The van der Waals surface area contributed by atoms with Crippen molar-refractivity contribution in [2.45, 2.75) is 51.0 Å². The van der Waals surface area contributed by atoms with Crippen molar-refractivity contribution in [3.63, 3.8) is 0 Å². The van der Waals surface area contributed by atoms with Crippen LogP contribution in [-0.2, 0) is 11.2 Å². The van der Waals surface area contributed by atoms with Gasteiger partial charge in [0.25, 0.3) is 0 Å². The zero-order valence-electron chi connectivity index (χ0n) is 10.9. The van der Waals surface area contributed by atoms with Gasteiger partial charge in [-0.1, -0.05) is 12.8 Å². The lowest BCUT2D eigenvalue weighted by molar-refractivity contribution is 0.117. The normalized spacial score (nSPS) is 18.2. The summed E-state index contributed by atoms with van der Waals surface area (Å²) in [5.41, 5.74) is 7.05. The topological polar surface area (TPSA) is 61.0 Å². The number of nitrogens with two attached hydrogens (primary N) is 1. The Morgan fingerprint density at radius 3 is 2.67 bits per heavy atom. The Balaban J connectivity index is 2.27. The molecule has 1 unspecified atom stereocenters. The molecule has 1 atom stereocenters. The Bertz CT molecular complexity index is 419. The van der Waals surface area contributed by atoms with Crippen LogP contribution in [0.4, 0.5) is 5.82 Å². The summed E-state index contributed by atoms with van der Waals surface area (Å²) in [6.07, 6.45) is 5.79. The third-order valence-electron chi connectivity index (χ3n) is 3.56. The Kier molecular flexibility index (Phi) is 4.56. The van der Waals surface area contributed by atoms with Gasteiger partial charge >= 0.3 is 0 Å². The molecule has 1 aromatic rings. The molecule has 1 heterocycles. The Morgan fingerprint density at radius 1 is 1.39 bits per heavy atom. The summed E-state index contributed by atoms with van der Waals surface area (Å²) in [4.78, 5) is 9.02. The van der Waals surface area contributed by atoms with Crippen molar-refractivity contribution in [1.29, 1.82) is 0 Å². The molecule has 1 aliphatic carbocycles. The van der Waals surface area contributed by atoms with Crippen molar-refractivity contribution in [3.05, 3.63) is 16.0 Å². The molecule has 1 aliphatic rings. The second kappa shape index (κ2) is 5.97. The first-order chi connectivity index (χ1) is 8.61. The highest BCUT2D eigenvalue weighted by molar-refractivity contribution is 9.10. The first-order valence-electron chi connectivity index (χ1n) is 6.46. The van der Waals surface area contributed by atoms with Crippen molar-refractivity contribution < 1.29 is 4.74 Å². The van der Waals surface area contributed by atoms with Gasteiger partial charge in [-0.2, -0.15) is 0 Å². The first kappa shape index (κ1) is 13.7. The van der Waals surface area contributed by atoms with Gasteiger partial charge in [-0.3, -0.25) is 0 Å². The molecule has 4 nitrogen and oxygen atoms in total. The minimum atomic E-state index is 0.113. The van der Waals surface area contributed by atoms with Crippen LogP contribution in [0.2, 0.25) is 0 Å². The van der Waals surface area contributed by atoms with Crippen LogP contribution in [0.5, 0.6) is 0 Å². The van der Waals surface area contributed by atoms with E-state index >= 15 is 0 Å².